The summed E-state index contributed by atoms with van der Waals surface area (Å²) in [6.07, 6.45) is -7.02. The number of ether oxygens (including phenoxy) is 2. The third-order valence-electron chi connectivity index (χ3n) is 4.81. The Morgan fingerprint density at radius 1 is 1.07 bits per heavy atom. The average molecular weight is 391 g/mol. The molecule has 2 aromatic carbocycles. The number of hydrogen-bond donors (Lipinski definition) is 5. The Balaban J connectivity index is 1.71. The van der Waals surface area contributed by atoms with Gasteiger partial charge in [0.15, 0.2) is 11.8 Å². The lowest BCUT2D eigenvalue weighted by Crippen LogP contribution is -2.65. The quantitative estimate of drug-likeness (QED) is 0.482. The second kappa shape index (κ2) is 8.02. The number of rotatable bonds is 5. The van der Waals surface area contributed by atoms with Gasteiger partial charge in [-0.2, -0.15) is 0 Å². The van der Waals surface area contributed by atoms with Gasteiger partial charge in [-0.3, -0.25) is 4.79 Å². The fourth-order valence-electron chi connectivity index (χ4n) is 3.10. The van der Waals surface area contributed by atoms with E-state index >= 15 is 0 Å². The molecule has 1 fully saturated rings. The van der Waals surface area contributed by atoms with Gasteiger partial charge >= 0.3 is 0 Å². The fraction of sp³-hybridized carbons (Fsp3) is 0.450. The fourth-order valence-corrected chi connectivity index (χ4v) is 3.10. The highest BCUT2D eigenvalue weighted by atomic mass is 16.6. The van der Waals surface area contributed by atoms with Crippen LogP contribution in [-0.2, 0) is 9.53 Å². The van der Waals surface area contributed by atoms with E-state index in [1.807, 2.05) is 36.4 Å². The predicted octanol–water partition coefficient (Wildman–Crippen LogP) is -0.0867. The van der Waals surface area contributed by atoms with Crippen LogP contribution in [0, 0.1) is 0 Å². The van der Waals surface area contributed by atoms with E-state index < -0.39 is 48.8 Å². The SMILES string of the molecule is CC(C)(Oc1ccc2ccccc2c1)C(=O)N[C@@H]1O[C@H](CO)[C@@H](O)[C@H](O)[C@H]1O. The molecule has 5 N–H and O–H groups in total. The first-order valence-corrected chi connectivity index (χ1v) is 9.02. The summed E-state index contributed by atoms with van der Waals surface area (Å²) in [7, 11) is 0. The highest BCUT2D eigenvalue weighted by molar-refractivity contribution is 5.86. The number of aliphatic hydroxyl groups excluding tert-OH is 4. The molecule has 152 valence electrons. The van der Waals surface area contributed by atoms with Gasteiger partial charge in [0, 0.05) is 0 Å². The maximum absolute atomic E-state index is 12.7. The van der Waals surface area contributed by atoms with E-state index in [0.29, 0.717) is 5.75 Å². The minimum Gasteiger partial charge on any atom is -0.478 e. The minimum absolute atomic E-state index is 0.493. The Morgan fingerprint density at radius 2 is 1.75 bits per heavy atom. The molecule has 0 saturated carbocycles. The molecule has 0 aromatic heterocycles. The normalized spacial score (nSPS) is 28.1. The first-order valence-electron chi connectivity index (χ1n) is 9.02. The van der Waals surface area contributed by atoms with Gasteiger partial charge in [-0.15, -0.1) is 0 Å². The Labute approximate surface area is 162 Å². The van der Waals surface area contributed by atoms with Crippen LogP contribution in [0.5, 0.6) is 5.75 Å². The molecule has 1 amide bonds. The number of carbonyl (C=O) groups excluding carboxylic acids is 1. The smallest absolute Gasteiger partial charge is 0.265 e. The molecule has 2 aromatic rings. The maximum atomic E-state index is 12.7. The van der Waals surface area contributed by atoms with Gasteiger partial charge in [0.1, 0.15) is 30.2 Å². The molecule has 0 radical (unpaired) electrons. The Kier molecular flexibility index (Phi) is 5.87. The number of amides is 1. The summed E-state index contributed by atoms with van der Waals surface area (Å²) in [6.45, 7) is 2.54. The number of aliphatic hydroxyl groups is 4. The van der Waals surface area contributed by atoms with Crippen molar-refractivity contribution >= 4 is 16.7 Å². The number of nitrogens with one attached hydrogen (secondary N) is 1. The van der Waals surface area contributed by atoms with E-state index in [9.17, 15) is 25.2 Å². The van der Waals surface area contributed by atoms with Gasteiger partial charge in [0.25, 0.3) is 5.91 Å². The molecule has 5 atom stereocenters. The molecule has 0 bridgehead atoms. The van der Waals surface area contributed by atoms with Gasteiger partial charge in [-0.25, -0.2) is 0 Å². The summed E-state index contributed by atoms with van der Waals surface area (Å²) in [4.78, 5) is 12.7. The Bertz CT molecular complexity index is 838. The summed E-state index contributed by atoms with van der Waals surface area (Å²) >= 11 is 0. The molecule has 0 spiro atoms. The summed E-state index contributed by atoms with van der Waals surface area (Å²) < 4.78 is 11.1. The molecule has 3 rings (SSSR count). The standard InChI is InChI=1S/C20H25NO7/c1-20(2,28-13-8-7-11-5-3-4-6-12(11)9-13)19(26)21-18-17(25)16(24)15(23)14(10-22)27-18/h3-9,14-18,22-25H,10H2,1-2H3,(H,21,26)/t14-,15-,16+,17-,18-/m1/s1. The lowest BCUT2D eigenvalue weighted by Gasteiger charge is -2.41. The van der Waals surface area contributed by atoms with Crippen molar-refractivity contribution in [3.05, 3.63) is 42.5 Å². The molecule has 8 heteroatoms. The molecule has 1 heterocycles. The maximum Gasteiger partial charge on any atom is 0.265 e. The average Bonchev–Trinajstić information content (AvgIpc) is 2.67. The summed E-state index contributed by atoms with van der Waals surface area (Å²) in [5, 5.41) is 43.4. The predicted molar refractivity (Wildman–Crippen MR) is 101 cm³/mol. The lowest BCUT2D eigenvalue weighted by molar-refractivity contribution is -0.237. The van der Waals surface area contributed by atoms with Gasteiger partial charge in [-0.1, -0.05) is 30.3 Å². The van der Waals surface area contributed by atoms with Crippen molar-refractivity contribution in [1.29, 1.82) is 0 Å². The van der Waals surface area contributed by atoms with Gasteiger partial charge in [0.05, 0.1) is 6.61 Å². The highest BCUT2D eigenvalue weighted by Gasteiger charge is 2.45. The Hall–Kier alpha value is -2.23. The summed E-state index contributed by atoms with van der Waals surface area (Å²) in [5.74, 6) is -0.0994. The van der Waals surface area contributed by atoms with Crippen LogP contribution >= 0.6 is 0 Å². The van der Waals surface area contributed by atoms with E-state index in [0.717, 1.165) is 10.8 Å². The van der Waals surface area contributed by atoms with Crippen LogP contribution in [0.15, 0.2) is 42.5 Å². The first kappa shape index (κ1) is 20.5. The number of fused-ring (bicyclic) bond motifs is 1. The van der Waals surface area contributed by atoms with E-state index in [2.05, 4.69) is 5.32 Å². The van der Waals surface area contributed by atoms with Crippen molar-refractivity contribution in [2.75, 3.05) is 6.61 Å². The van der Waals surface area contributed by atoms with Crippen molar-refractivity contribution in [3.8, 4) is 5.75 Å². The topological polar surface area (TPSA) is 128 Å². The van der Waals surface area contributed by atoms with Crippen LogP contribution in [0.4, 0.5) is 0 Å². The zero-order valence-electron chi connectivity index (χ0n) is 15.6. The van der Waals surface area contributed by atoms with Crippen LogP contribution in [0.25, 0.3) is 10.8 Å². The molecule has 0 aliphatic carbocycles. The van der Waals surface area contributed by atoms with Crippen molar-refractivity contribution in [2.24, 2.45) is 0 Å². The molecular weight excluding hydrogens is 366 g/mol. The van der Waals surface area contributed by atoms with Crippen LogP contribution in [0.3, 0.4) is 0 Å². The second-order valence-corrected chi connectivity index (χ2v) is 7.34. The third kappa shape index (κ3) is 4.11. The van der Waals surface area contributed by atoms with Gasteiger partial charge < -0.3 is 35.2 Å². The van der Waals surface area contributed by atoms with Crippen molar-refractivity contribution in [1.82, 2.24) is 5.32 Å². The van der Waals surface area contributed by atoms with Crippen LogP contribution in [0.1, 0.15) is 13.8 Å². The Morgan fingerprint density at radius 3 is 2.43 bits per heavy atom. The molecular formula is C20H25NO7. The molecule has 28 heavy (non-hydrogen) atoms. The van der Waals surface area contributed by atoms with Crippen LogP contribution < -0.4 is 10.1 Å². The largest absolute Gasteiger partial charge is 0.478 e. The van der Waals surface area contributed by atoms with E-state index in [-0.39, 0.29) is 0 Å². The summed E-state index contributed by atoms with van der Waals surface area (Å²) in [5.41, 5.74) is -1.32. The zero-order chi connectivity index (χ0) is 20.5. The number of carbonyl (C=O) groups is 1. The van der Waals surface area contributed by atoms with E-state index in [4.69, 9.17) is 9.47 Å². The highest BCUT2D eigenvalue weighted by Crippen LogP contribution is 2.25. The molecule has 1 saturated heterocycles. The van der Waals surface area contributed by atoms with E-state index in [1.54, 1.807) is 19.9 Å². The van der Waals surface area contributed by atoms with Crippen molar-refractivity contribution in [2.45, 2.75) is 50.1 Å². The van der Waals surface area contributed by atoms with Crippen molar-refractivity contribution < 1.29 is 34.7 Å². The third-order valence-corrected chi connectivity index (χ3v) is 4.81. The second-order valence-electron chi connectivity index (χ2n) is 7.34. The number of benzene rings is 2. The minimum atomic E-state index is -1.57. The molecule has 8 nitrogen and oxygen atoms in total. The molecule has 1 aliphatic heterocycles. The molecule has 0 unspecified atom stereocenters. The van der Waals surface area contributed by atoms with Crippen LogP contribution in [0.2, 0.25) is 0 Å². The monoisotopic (exact) mass is 391 g/mol. The van der Waals surface area contributed by atoms with Gasteiger partial charge in [-0.05, 0) is 36.8 Å². The van der Waals surface area contributed by atoms with Crippen molar-refractivity contribution in [3.63, 3.8) is 0 Å². The number of hydrogen-bond acceptors (Lipinski definition) is 7. The van der Waals surface area contributed by atoms with Crippen LogP contribution in [-0.4, -0.2) is 69.2 Å². The first-order chi connectivity index (χ1) is 13.2. The zero-order valence-corrected chi connectivity index (χ0v) is 15.6. The summed E-state index contributed by atoms with van der Waals surface area (Å²) in [6, 6.07) is 13.2. The van der Waals surface area contributed by atoms with Gasteiger partial charge in [0.2, 0.25) is 0 Å². The van der Waals surface area contributed by atoms with E-state index in [1.165, 1.54) is 0 Å². The molecule has 1 aliphatic rings. The lowest BCUT2D eigenvalue weighted by atomic mass is 9.98.